The lowest BCUT2D eigenvalue weighted by atomic mass is 10.2. The predicted molar refractivity (Wildman–Crippen MR) is 114 cm³/mol. The van der Waals surface area contributed by atoms with Gasteiger partial charge in [0, 0.05) is 51.0 Å². The maximum Gasteiger partial charge on any atom is 0.286 e. The number of halogens is 1. The van der Waals surface area contributed by atoms with Gasteiger partial charge >= 0.3 is 0 Å². The van der Waals surface area contributed by atoms with Crippen LogP contribution in [-0.2, 0) is 17.9 Å². The summed E-state index contributed by atoms with van der Waals surface area (Å²) in [5, 5.41) is 5.28. The highest BCUT2D eigenvalue weighted by Crippen LogP contribution is 2.30. The quantitative estimate of drug-likeness (QED) is 0.721. The highest BCUT2D eigenvalue weighted by atomic mass is 32.2. The molecule has 0 spiro atoms. The van der Waals surface area contributed by atoms with Crippen molar-refractivity contribution in [1.29, 1.82) is 0 Å². The minimum Gasteiger partial charge on any atom is -0.348 e. The number of aryl methyl sites for hydroxylation is 2. The molecule has 2 aliphatic heterocycles. The topological polar surface area (TPSA) is 53.7 Å². The van der Waals surface area contributed by atoms with Crippen molar-refractivity contribution >= 4 is 28.9 Å². The van der Waals surface area contributed by atoms with Crippen molar-refractivity contribution < 1.29 is 9.18 Å². The lowest BCUT2D eigenvalue weighted by Gasteiger charge is -2.35. The molecule has 0 bridgehead atoms. The van der Waals surface area contributed by atoms with Crippen LogP contribution in [0.2, 0.25) is 0 Å². The number of rotatable bonds is 4. The van der Waals surface area contributed by atoms with E-state index in [1.807, 2.05) is 4.68 Å². The molecule has 1 saturated heterocycles. The number of nitrogens with zero attached hydrogens (tertiary/aromatic N) is 5. The fourth-order valence-corrected chi connectivity index (χ4v) is 4.42. The van der Waals surface area contributed by atoms with E-state index in [-0.39, 0.29) is 11.7 Å². The molecule has 1 amide bonds. The third-order valence-corrected chi connectivity index (χ3v) is 6.23. The fraction of sp³-hybridized carbons (Fsp3) is 0.381. The Balaban J connectivity index is 1.34. The number of amides is 1. The second-order valence-corrected chi connectivity index (χ2v) is 8.23. The van der Waals surface area contributed by atoms with Crippen LogP contribution in [0.5, 0.6) is 0 Å². The molecule has 29 heavy (non-hydrogen) atoms. The second-order valence-electron chi connectivity index (χ2n) is 7.22. The van der Waals surface area contributed by atoms with E-state index in [9.17, 15) is 9.18 Å². The molecule has 1 aromatic heterocycles. The summed E-state index contributed by atoms with van der Waals surface area (Å²) in [7, 11) is 0. The summed E-state index contributed by atoms with van der Waals surface area (Å²) >= 11 is 1.40. The van der Waals surface area contributed by atoms with Gasteiger partial charge in [0.05, 0.1) is 10.6 Å². The Morgan fingerprint density at radius 1 is 1.17 bits per heavy atom. The van der Waals surface area contributed by atoms with Gasteiger partial charge in [0.25, 0.3) is 5.91 Å². The molecular weight excluding hydrogens is 389 g/mol. The first-order chi connectivity index (χ1) is 14.0. The van der Waals surface area contributed by atoms with Crippen LogP contribution in [-0.4, -0.2) is 56.8 Å². The van der Waals surface area contributed by atoms with Crippen LogP contribution in [0.4, 0.5) is 4.39 Å². The molecular formula is C21H24FN5OS. The SMILES string of the molecule is CCn1cc(CN2CCN(C3=NC(=O)C(=Cc4ccc(F)cc4)S3)CC2)c(C)n1. The highest BCUT2D eigenvalue weighted by molar-refractivity contribution is 8.18. The van der Waals surface area contributed by atoms with Crippen molar-refractivity contribution in [2.24, 2.45) is 4.99 Å². The van der Waals surface area contributed by atoms with Crippen molar-refractivity contribution in [3.05, 3.63) is 58.0 Å². The van der Waals surface area contributed by atoms with Gasteiger partial charge in [-0.05, 0) is 49.4 Å². The van der Waals surface area contributed by atoms with Gasteiger partial charge < -0.3 is 4.90 Å². The number of carbonyl (C=O) groups excluding carboxylic acids is 1. The number of aromatic nitrogens is 2. The van der Waals surface area contributed by atoms with E-state index >= 15 is 0 Å². The standard InChI is InChI=1S/C21H24FN5OS/c1-3-27-14-17(15(2)24-27)13-25-8-10-26(11-9-25)21-23-20(28)19(29-21)12-16-4-6-18(22)7-5-16/h4-7,12,14H,3,8-11,13H2,1-2H3. The van der Waals surface area contributed by atoms with Crippen LogP contribution in [0.25, 0.3) is 6.08 Å². The number of aliphatic imine (C=N–C) groups is 1. The summed E-state index contributed by atoms with van der Waals surface area (Å²) in [5.74, 6) is -0.510. The third kappa shape index (κ3) is 4.59. The molecule has 4 rings (SSSR count). The Bertz CT molecular complexity index is 958. The molecule has 0 saturated carbocycles. The smallest absolute Gasteiger partial charge is 0.286 e. The summed E-state index contributed by atoms with van der Waals surface area (Å²) in [6.45, 7) is 9.44. The van der Waals surface area contributed by atoms with Gasteiger partial charge in [-0.2, -0.15) is 10.1 Å². The molecule has 0 radical (unpaired) electrons. The van der Waals surface area contributed by atoms with Crippen molar-refractivity contribution in [1.82, 2.24) is 19.6 Å². The monoisotopic (exact) mass is 413 g/mol. The van der Waals surface area contributed by atoms with Gasteiger partial charge in [0.2, 0.25) is 0 Å². The van der Waals surface area contributed by atoms with Gasteiger partial charge in [-0.3, -0.25) is 14.4 Å². The Labute approximate surface area is 174 Å². The number of amidine groups is 1. The van der Waals surface area contributed by atoms with Gasteiger partial charge in [0.15, 0.2) is 5.17 Å². The zero-order chi connectivity index (χ0) is 20.4. The van der Waals surface area contributed by atoms with E-state index in [4.69, 9.17) is 0 Å². The summed E-state index contributed by atoms with van der Waals surface area (Å²) in [4.78, 5) is 21.7. The summed E-state index contributed by atoms with van der Waals surface area (Å²) in [6.07, 6.45) is 3.90. The molecule has 152 valence electrons. The predicted octanol–water partition coefficient (Wildman–Crippen LogP) is 3.14. The van der Waals surface area contributed by atoms with Crippen LogP contribution in [0, 0.1) is 12.7 Å². The van der Waals surface area contributed by atoms with E-state index in [0.29, 0.717) is 4.91 Å². The average molecular weight is 414 g/mol. The first kappa shape index (κ1) is 19.8. The van der Waals surface area contributed by atoms with E-state index < -0.39 is 0 Å². The number of thioether (sulfide) groups is 1. The van der Waals surface area contributed by atoms with E-state index in [0.717, 1.165) is 55.7 Å². The Hall–Kier alpha value is -2.45. The van der Waals surface area contributed by atoms with E-state index in [1.54, 1.807) is 18.2 Å². The summed E-state index contributed by atoms with van der Waals surface area (Å²) in [6, 6.07) is 6.11. The zero-order valence-electron chi connectivity index (χ0n) is 16.6. The van der Waals surface area contributed by atoms with Crippen molar-refractivity contribution in [3.8, 4) is 0 Å². The first-order valence-corrected chi connectivity index (χ1v) is 10.6. The highest BCUT2D eigenvalue weighted by Gasteiger charge is 2.28. The van der Waals surface area contributed by atoms with Crippen LogP contribution >= 0.6 is 11.8 Å². The number of benzene rings is 1. The third-order valence-electron chi connectivity index (χ3n) is 5.19. The van der Waals surface area contributed by atoms with Crippen molar-refractivity contribution in [2.45, 2.75) is 26.9 Å². The number of carbonyl (C=O) groups is 1. The van der Waals surface area contributed by atoms with Crippen LogP contribution in [0.3, 0.4) is 0 Å². The number of piperazine rings is 1. The van der Waals surface area contributed by atoms with Crippen LogP contribution in [0.15, 0.2) is 40.4 Å². The van der Waals surface area contributed by atoms with Gasteiger partial charge in [-0.25, -0.2) is 4.39 Å². The molecule has 1 aromatic carbocycles. The largest absolute Gasteiger partial charge is 0.348 e. The maximum atomic E-state index is 13.1. The van der Waals surface area contributed by atoms with Gasteiger partial charge in [-0.1, -0.05) is 12.1 Å². The molecule has 0 N–H and O–H groups in total. The lowest BCUT2D eigenvalue weighted by molar-refractivity contribution is -0.113. The number of hydrogen-bond donors (Lipinski definition) is 0. The molecule has 8 heteroatoms. The van der Waals surface area contributed by atoms with Gasteiger partial charge in [-0.15, -0.1) is 0 Å². The van der Waals surface area contributed by atoms with Crippen LogP contribution in [0.1, 0.15) is 23.7 Å². The molecule has 2 aliphatic rings. The average Bonchev–Trinajstić information content (AvgIpc) is 3.26. The number of hydrogen-bond acceptors (Lipinski definition) is 5. The maximum absolute atomic E-state index is 13.1. The molecule has 1 fully saturated rings. The van der Waals surface area contributed by atoms with Gasteiger partial charge in [0.1, 0.15) is 5.82 Å². The molecule has 2 aromatic rings. The molecule has 0 unspecified atom stereocenters. The molecule has 0 aliphatic carbocycles. The van der Waals surface area contributed by atoms with E-state index in [2.05, 4.69) is 39.9 Å². The van der Waals surface area contributed by atoms with E-state index in [1.165, 1.54) is 29.5 Å². The molecule has 6 nitrogen and oxygen atoms in total. The Morgan fingerprint density at radius 2 is 1.90 bits per heavy atom. The van der Waals surface area contributed by atoms with Crippen LogP contribution < -0.4 is 0 Å². The molecule has 0 atom stereocenters. The minimum absolute atomic E-state index is 0.223. The Morgan fingerprint density at radius 3 is 2.55 bits per heavy atom. The Kier molecular flexibility index (Phi) is 5.82. The lowest BCUT2D eigenvalue weighted by Crippen LogP contribution is -2.47. The van der Waals surface area contributed by atoms with Crippen molar-refractivity contribution in [2.75, 3.05) is 26.2 Å². The fourth-order valence-electron chi connectivity index (χ4n) is 3.46. The van der Waals surface area contributed by atoms with Crippen molar-refractivity contribution in [3.63, 3.8) is 0 Å². The minimum atomic E-state index is -0.287. The first-order valence-electron chi connectivity index (χ1n) is 9.80. The zero-order valence-corrected chi connectivity index (χ0v) is 17.5. The summed E-state index contributed by atoms with van der Waals surface area (Å²) in [5.41, 5.74) is 3.16. The molecule has 3 heterocycles. The second kappa shape index (κ2) is 8.51. The normalized spacial score (nSPS) is 19.3. The summed E-state index contributed by atoms with van der Waals surface area (Å²) < 4.78 is 15.0.